The van der Waals surface area contributed by atoms with Gasteiger partial charge in [0.25, 0.3) is 0 Å². The van der Waals surface area contributed by atoms with Crippen molar-refractivity contribution in [3.05, 3.63) is 71.1 Å². The number of nitrogens with zero attached hydrogens (tertiary/aromatic N) is 5. The quantitative estimate of drug-likeness (QED) is 0.287. The Labute approximate surface area is 214 Å². The summed E-state index contributed by atoms with van der Waals surface area (Å²) in [5.74, 6) is 1.57. The summed E-state index contributed by atoms with van der Waals surface area (Å²) in [5.41, 5.74) is 3.53. The fourth-order valence-electron chi connectivity index (χ4n) is 4.12. The summed E-state index contributed by atoms with van der Waals surface area (Å²) in [6, 6.07) is 13.2. The first-order valence-corrected chi connectivity index (χ1v) is 12.2. The first-order chi connectivity index (χ1) is 17.2. The van der Waals surface area contributed by atoms with Crippen molar-refractivity contribution in [2.24, 2.45) is 0 Å². The van der Waals surface area contributed by atoms with Crippen LogP contribution >= 0.6 is 11.6 Å². The molecule has 1 aromatic carbocycles. The van der Waals surface area contributed by atoms with Gasteiger partial charge < -0.3 is 9.47 Å². The van der Waals surface area contributed by atoms with Crippen LogP contribution in [0.4, 0.5) is 10.6 Å². The first kappa shape index (κ1) is 24.1. The Morgan fingerprint density at radius 3 is 2.67 bits per heavy atom. The fourth-order valence-corrected chi connectivity index (χ4v) is 4.29. The number of benzene rings is 1. The summed E-state index contributed by atoms with van der Waals surface area (Å²) >= 11 is 6.44. The van der Waals surface area contributed by atoms with Crippen LogP contribution in [0.15, 0.2) is 54.9 Å². The van der Waals surface area contributed by atoms with Gasteiger partial charge in [-0.2, -0.15) is 9.61 Å². The maximum absolute atomic E-state index is 13.5. The topological polar surface area (TPSA) is 81.8 Å². The highest BCUT2D eigenvalue weighted by Crippen LogP contribution is 2.42. The van der Waals surface area contributed by atoms with Gasteiger partial charge in [-0.3, -0.25) is 9.88 Å². The number of hydrogen-bond donors (Lipinski definition) is 0. The maximum Gasteiger partial charge on any atom is 0.416 e. The zero-order valence-electron chi connectivity index (χ0n) is 20.7. The summed E-state index contributed by atoms with van der Waals surface area (Å²) < 4.78 is 13.1. The molecule has 8 nitrogen and oxygen atoms in total. The second kappa shape index (κ2) is 9.43. The minimum Gasteiger partial charge on any atom is -0.496 e. The number of carbonyl (C=O) groups excluding carboxylic acids is 1. The average Bonchev–Trinajstić information content (AvgIpc) is 3.60. The van der Waals surface area contributed by atoms with E-state index in [0.29, 0.717) is 23.1 Å². The van der Waals surface area contributed by atoms with Gasteiger partial charge >= 0.3 is 6.09 Å². The minimum atomic E-state index is -0.685. The first-order valence-electron chi connectivity index (χ1n) is 11.9. The van der Waals surface area contributed by atoms with E-state index >= 15 is 0 Å². The van der Waals surface area contributed by atoms with Crippen molar-refractivity contribution in [3.63, 3.8) is 0 Å². The third kappa shape index (κ3) is 4.99. The van der Waals surface area contributed by atoms with Crippen molar-refractivity contribution in [1.82, 2.24) is 19.6 Å². The molecule has 186 valence electrons. The molecule has 0 saturated heterocycles. The lowest BCUT2D eigenvalue weighted by Gasteiger charge is -2.28. The van der Waals surface area contributed by atoms with E-state index in [2.05, 4.69) is 15.1 Å². The van der Waals surface area contributed by atoms with Crippen LogP contribution in [0.25, 0.3) is 16.9 Å². The van der Waals surface area contributed by atoms with Crippen molar-refractivity contribution < 1.29 is 14.3 Å². The van der Waals surface area contributed by atoms with Gasteiger partial charge in [-0.05, 0) is 69.4 Å². The molecule has 0 atom stereocenters. The molecule has 9 heteroatoms. The van der Waals surface area contributed by atoms with Gasteiger partial charge in [0, 0.05) is 23.4 Å². The lowest BCUT2D eigenvalue weighted by atomic mass is 10.1. The lowest BCUT2D eigenvalue weighted by molar-refractivity contribution is 0.0575. The highest BCUT2D eigenvalue weighted by atomic mass is 35.5. The van der Waals surface area contributed by atoms with E-state index in [-0.39, 0.29) is 11.7 Å². The molecular formula is C27H28ClN5O3. The van der Waals surface area contributed by atoms with Gasteiger partial charge in [0.2, 0.25) is 0 Å². The molecule has 0 radical (unpaired) electrons. The van der Waals surface area contributed by atoms with Gasteiger partial charge in [0.1, 0.15) is 22.3 Å². The molecule has 1 aliphatic carbocycles. The zero-order valence-corrected chi connectivity index (χ0v) is 21.5. The normalized spacial score (nSPS) is 13.6. The van der Waals surface area contributed by atoms with Crippen molar-refractivity contribution in [2.75, 3.05) is 12.0 Å². The summed E-state index contributed by atoms with van der Waals surface area (Å²) in [5, 5.41) is 4.85. The van der Waals surface area contributed by atoms with Gasteiger partial charge in [0.15, 0.2) is 5.65 Å². The van der Waals surface area contributed by atoms with Crippen LogP contribution in [0.5, 0.6) is 5.75 Å². The zero-order chi connectivity index (χ0) is 25.4. The lowest BCUT2D eigenvalue weighted by Crippen LogP contribution is -2.37. The van der Waals surface area contributed by atoms with Crippen molar-refractivity contribution >= 4 is 29.2 Å². The summed E-state index contributed by atoms with van der Waals surface area (Å²) in [4.78, 5) is 24.0. The van der Waals surface area contributed by atoms with E-state index in [4.69, 9.17) is 21.1 Å². The second-order valence-electron chi connectivity index (χ2n) is 9.86. The van der Waals surface area contributed by atoms with Gasteiger partial charge in [0.05, 0.1) is 25.5 Å². The molecule has 3 heterocycles. The van der Waals surface area contributed by atoms with Crippen molar-refractivity contribution in [1.29, 1.82) is 0 Å². The van der Waals surface area contributed by atoms with Crippen LogP contribution in [0.3, 0.4) is 0 Å². The Bertz CT molecular complexity index is 1410. The van der Waals surface area contributed by atoms with Crippen molar-refractivity contribution in [2.45, 2.75) is 51.7 Å². The van der Waals surface area contributed by atoms with Crippen LogP contribution in [-0.2, 0) is 11.3 Å². The molecule has 3 aromatic heterocycles. The molecule has 1 aliphatic rings. The number of pyridine rings is 1. The molecule has 0 aliphatic heterocycles. The molecule has 1 fully saturated rings. The monoisotopic (exact) mass is 505 g/mol. The van der Waals surface area contributed by atoms with E-state index < -0.39 is 11.7 Å². The van der Waals surface area contributed by atoms with E-state index in [9.17, 15) is 4.79 Å². The van der Waals surface area contributed by atoms with Crippen molar-refractivity contribution in [3.8, 4) is 17.0 Å². The Kier molecular flexibility index (Phi) is 6.30. The summed E-state index contributed by atoms with van der Waals surface area (Å²) in [6.07, 6.45) is 5.25. The largest absolute Gasteiger partial charge is 0.496 e. The number of rotatable bonds is 6. The molecular weight excluding hydrogens is 478 g/mol. The predicted octanol–water partition coefficient (Wildman–Crippen LogP) is 6.27. The standard InChI is InChI=1S/C27H28ClN5O3/c1-27(2,3)36-26(34)32(24-14-23(28)31-25-20(18-9-10-18)15-30-33(24)25)16-17-8-11-19(22(13-17)35-4)21-7-5-6-12-29-21/h5-8,11-15,18H,9-10,16H2,1-4H3. The number of methoxy groups -OCH3 is 1. The molecule has 1 amide bonds. The number of ether oxygens (including phenoxy) is 2. The van der Waals surface area contributed by atoms with E-state index in [0.717, 1.165) is 35.2 Å². The number of carbonyl (C=O) groups is 1. The SMILES string of the molecule is COc1cc(CN(C(=O)OC(C)(C)C)c2cc(Cl)nc3c(C4CC4)cnn23)ccc1-c1ccccn1. The van der Waals surface area contributed by atoms with Crippen LogP contribution < -0.4 is 9.64 Å². The Hall–Kier alpha value is -3.65. The molecule has 4 aromatic rings. The number of aromatic nitrogens is 4. The highest BCUT2D eigenvalue weighted by Gasteiger charge is 2.31. The number of amides is 1. The Morgan fingerprint density at radius 1 is 1.19 bits per heavy atom. The molecule has 0 unspecified atom stereocenters. The highest BCUT2D eigenvalue weighted by molar-refractivity contribution is 6.29. The third-order valence-corrected chi connectivity index (χ3v) is 6.10. The van der Waals surface area contributed by atoms with Gasteiger partial charge in [-0.15, -0.1) is 0 Å². The molecule has 0 bridgehead atoms. The molecule has 5 rings (SSSR count). The van der Waals surface area contributed by atoms with E-state index in [1.807, 2.05) is 63.4 Å². The predicted molar refractivity (Wildman–Crippen MR) is 139 cm³/mol. The second-order valence-corrected chi connectivity index (χ2v) is 10.3. The van der Waals surface area contributed by atoms with Crippen LogP contribution in [0.2, 0.25) is 5.15 Å². The number of hydrogen-bond acceptors (Lipinski definition) is 6. The summed E-state index contributed by atoms with van der Waals surface area (Å²) in [7, 11) is 1.62. The molecule has 1 saturated carbocycles. The minimum absolute atomic E-state index is 0.210. The smallest absolute Gasteiger partial charge is 0.416 e. The molecule has 0 N–H and O–H groups in total. The third-order valence-electron chi connectivity index (χ3n) is 5.90. The van der Waals surface area contributed by atoms with E-state index in [1.165, 1.54) is 4.90 Å². The Balaban J connectivity index is 1.57. The number of anilines is 1. The van der Waals surface area contributed by atoms with E-state index in [1.54, 1.807) is 23.9 Å². The van der Waals surface area contributed by atoms with Gasteiger partial charge in [-0.1, -0.05) is 23.7 Å². The van der Waals surface area contributed by atoms with Crippen LogP contribution in [0, 0.1) is 0 Å². The summed E-state index contributed by atoms with van der Waals surface area (Å²) in [6.45, 7) is 5.72. The van der Waals surface area contributed by atoms with Crippen LogP contribution in [0.1, 0.15) is 50.7 Å². The number of halogens is 1. The number of fused-ring (bicyclic) bond motifs is 1. The Morgan fingerprint density at radius 2 is 2.00 bits per heavy atom. The van der Waals surface area contributed by atoms with Gasteiger partial charge in [-0.25, -0.2) is 9.78 Å². The molecule has 0 spiro atoms. The fraction of sp³-hybridized carbons (Fsp3) is 0.333. The average molecular weight is 506 g/mol. The maximum atomic E-state index is 13.5. The van der Waals surface area contributed by atoms with Crippen LogP contribution in [-0.4, -0.2) is 38.4 Å². The molecule has 36 heavy (non-hydrogen) atoms.